The molecule has 0 fully saturated rings. The van der Waals surface area contributed by atoms with Crippen molar-refractivity contribution in [3.63, 3.8) is 0 Å². The summed E-state index contributed by atoms with van der Waals surface area (Å²) in [7, 11) is -1.44. The molecule has 0 atom stereocenters. The minimum Gasteiger partial charge on any atom is -0.382 e. The van der Waals surface area contributed by atoms with Gasteiger partial charge in [-0.3, -0.25) is 4.79 Å². The van der Waals surface area contributed by atoms with E-state index >= 15 is 0 Å². The number of nitrogens with one attached hydrogen (secondary N) is 2. The van der Waals surface area contributed by atoms with Crippen molar-refractivity contribution in [1.29, 1.82) is 0 Å². The molecule has 0 saturated carbocycles. The maximum absolute atomic E-state index is 12.6. The molecule has 9 heteroatoms. The second-order valence-corrected chi connectivity index (χ2v) is 8.48. The largest absolute Gasteiger partial charge is 0.382 e. The van der Waals surface area contributed by atoms with Crippen LogP contribution in [0.3, 0.4) is 0 Å². The topological polar surface area (TPSA) is 127 Å². The van der Waals surface area contributed by atoms with E-state index in [1.165, 1.54) is 18.3 Å². The van der Waals surface area contributed by atoms with Crippen LogP contribution in [0.5, 0.6) is 0 Å². The summed E-state index contributed by atoms with van der Waals surface area (Å²) in [5.41, 5.74) is 8.57. The van der Waals surface area contributed by atoms with Crippen molar-refractivity contribution in [3.8, 4) is 11.3 Å². The van der Waals surface area contributed by atoms with Gasteiger partial charge in [0.05, 0.1) is 16.8 Å². The van der Waals surface area contributed by atoms with Crippen LogP contribution in [-0.4, -0.2) is 37.6 Å². The summed E-state index contributed by atoms with van der Waals surface area (Å²) in [5.74, 6) is -0.475. The Bertz CT molecular complexity index is 1130. The van der Waals surface area contributed by atoms with Crippen LogP contribution in [0.25, 0.3) is 11.3 Å². The van der Waals surface area contributed by atoms with Gasteiger partial charge in [-0.1, -0.05) is 24.3 Å². The summed E-state index contributed by atoms with van der Waals surface area (Å²) >= 11 is 0. The van der Waals surface area contributed by atoms with Crippen molar-refractivity contribution in [2.24, 2.45) is 0 Å². The number of benzene rings is 2. The fraction of sp³-hybridized carbons (Fsp3) is 0.150. The number of anilines is 2. The first-order valence-electron chi connectivity index (χ1n) is 8.76. The Morgan fingerprint density at radius 3 is 2.31 bits per heavy atom. The molecule has 0 saturated heterocycles. The highest BCUT2D eigenvalue weighted by atomic mass is 32.2. The molecule has 3 rings (SSSR count). The number of amides is 1. The zero-order valence-corrected chi connectivity index (χ0v) is 16.8. The Morgan fingerprint density at radius 2 is 1.72 bits per heavy atom. The highest BCUT2D eigenvalue weighted by Crippen LogP contribution is 2.21. The van der Waals surface area contributed by atoms with Crippen molar-refractivity contribution >= 4 is 27.2 Å². The zero-order valence-electron chi connectivity index (χ0n) is 16.0. The number of aromatic nitrogens is 2. The van der Waals surface area contributed by atoms with Crippen LogP contribution < -0.4 is 16.4 Å². The molecule has 0 spiro atoms. The second kappa shape index (κ2) is 8.38. The van der Waals surface area contributed by atoms with E-state index in [1.54, 1.807) is 24.3 Å². The molecule has 1 amide bonds. The normalized spacial score (nSPS) is 11.2. The Kier molecular flexibility index (Phi) is 5.90. The summed E-state index contributed by atoms with van der Waals surface area (Å²) in [6, 6.07) is 13.6. The number of rotatable bonds is 6. The Balaban J connectivity index is 1.83. The van der Waals surface area contributed by atoms with Crippen LogP contribution in [-0.2, 0) is 16.4 Å². The highest BCUT2D eigenvalue weighted by Gasteiger charge is 2.16. The summed E-state index contributed by atoms with van der Waals surface area (Å²) in [6.07, 6.45) is 2.58. The van der Waals surface area contributed by atoms with E-state index in [4.69, 9.17) is 5.73 Å². The molecule has 3 aromatic rings. The van der Waals surface area contributed by atoms with E-state index < -0.39 is 15.7 Å². The maximum Gasteiger partial charge on any atom is 0.278 e. The lowest BCUT2D eigenvalue weighted by Gasteiger charge is -2.09. The van der Waals surface area contributed by atoms with Crippen LogP contribution in [0.4, 0.5) is 11.5 Å². The SMILES string of the molecule is CNCc1ccc(NC(=O)c2nc(-c3ccc(S(C)(=O)=O)cc3)cnc2N)cc1. The standard InChI is InChI=1S/C20H21N5O3S/c1-22-11-13-3-7-15(8-4-13)24-20(26)18-19(21)23-12-17(25-18)14-5-9-16(10-6-14)29(2,27)28/h3-10,12,22H,11H2,1-2H3,(H2,21,23)(H,24,26). The van der Waals surface area contributed by atoms with Gasteiger partial charge < -0.3 is 16.4 Å². The summed E-state index contributed by atoms with van der Waals surface area (Å²) in [4.78, 5) is 21.2. The number of sulfone groups is 1. The number of carbonyl (C=O) groups excluding carboxylic acids is 1. The van der Waals surface area contributed by atoms with Crippen molar-refractivity contribution < 1.29 is 13.2 Å². The van der Waals surface area contributed by atoms with Gasteiger partial charge >= 0.3 is 0 Å². The van der Waals surface area contributed by atoms with E-state index in [0.717, 1.165) is 18.4 Å². The van der Waals surface area contributed by atoms with E-state index in [1.807, 2.05) is 19.2 Å². The predicted octanol–water partition coefficient (Wildman–Crippen LogP) is 2.10. The van der Waals surface area contributed by atoms with Gasteiger partial charge in [0.2, 0.25) is 0 Å². The molecular weight excluding hydrogens is 390 g/mol. The molecule has 0 aliphatic rings. The molecule has 29 heavy (non-hydrogen) atoms. The first kappa shape index (κ1) is 20.4. The second-order valence-electron chi connectivity index (χ2n) is 6.47. The number of hydrogen-bond acceptors (Lipinski definition) is 7. The maximum atomic E-state index is 12.6. The van der Waals surface area contributed by atoms with Crippen molar-refractivity contribution in [1.82, 2.24) is 15.3 Å². The minimum atomic E-state index is -3.30. The summed E-state index contributed by atoms with van der Waals surface area (Å²) in [6.45, 7) is 0.729. The van der Waals surface area contributed by atoms with Crippen LogP contribution in [0.1, 0.15) is 16.1 Å². The molecule has 0 aliphatic carbocycles. The van der Waals surface area contributed by atoms with E-state index in [9.17, 15) is 13.2 Å². The summed E-state index contributed by atoms with van der Waals surface area (Å²) in [5, 5.41) is 5.81. The molecule has 0 unspecified atom stereocenters. The van der Waals surface area contributed by atoms with Crippen molar-refractivity contribution in [2.45, 2.75) is 11.4 Å². The third-order valence-electron chi connectivity index (χ3n) is 4.19. The van der Waals surface area contributed by atoms with Gasteiger partial charge in [0.25, 0.3) is 5.91 Å². The van der Waals surface area contributed by atoms with Gasteiger partial charge in [-0.05, 0) is 36.9 Å². The number of nitrogens with two attached hydrogens (primary N) is 1. The first-order chi connectivity index (χ1) is 13.8. The number of carbonyl (C=O) groups is 1. The molecule has 0 aliphatic heterocycles. The van der Waals surface area contributed by atoms with Gasteiger partial charge in [0.1, 0.15) is 0 Å². The quantitative estimate of drug-likeness (QED) is 0.567. The monoisotopic (exact) mass is 411 g/mol. The zero-order chi connectivity index (χ0) is 21.0. The van der Waals surface area contributed by atoms with E-state index in [2.05, 4.69) is 20.6 Å². The molecule has 2 aromatic carbocycles. The average Bonchev–Trinajstić information content (AvgIpc) is 2.69. The van der Waals surface area contributed by atoms with Crippen molar-refractivity contribution in [3.05, 3.63) is 66.0 Å². The average molecular weight is 411 g/mol. The lowest BCUT2D eigenvalue weighted by Crippen LogP contribution is -2.17. The van der Waals surface area contributed by atoms with Crippen LogP contribution in [0, 0.1) is 0 Å². The number of hydrogen-bond donors (Lipinski definition) is 3. The Labute approximate surface area is 169 Å². The predicted molar refractivity (Wildman–Crippen MR) is 112 cm³/mol. The molecule has 0 radical (unpaired) electrons. The molecule has 150 valence electrons. The Hall–Kier alpha value is -3.30. The summed E-state index contributed by atoms with van der Waals surface area (Å²) < 4.78 is 23.2. The fourth-order valence-corrected chi connectivity index (χ4v) is 3.31. The number of nitrogens with zero attached hydrogens (tertiary/aromatic N) is 2. The van der Waals surface area contributed by atoms with Crippen LogP contribution in [0.15, 0.2) is 59.6 Å². The van der Waals surface area contributed by atoms with Gasteiger partial charge in [0.15, 0.2) is 21.3 Å². The number of nitrogen functional groups attached to an aromatic ring is 1. The van der Waals surface area contributed by atoms with E-state index in [-0.39, 0.29) is 16.4 Å². The van der Waals surface area contributed by atoms with Gasteiger partial charge in [-0.15, -0.1) is 0 Å². The lowest BCUT2D eigenvalue weighted by atomic mass is 10.1. The van der Waals surface area contributed by atoms with Crippen LogP contribution in [0.2, 0.25) is 0 Å². The molecule has 1 aromatic heterocycles. The smallest absolute Gasteiger partial charge is 0.278 e. The first-order valence-corrected chi connectivity index (χ1v) is 10.6. The third-order valence-corrected chi connectivity index (χ3v) is 5.32. The molecule has 0 bridgehead atoms. The van der Waals surface area contributed by atoms with Gasteiger partial charge in [0, 0.05) is 24.1 Å². The van der Waals surface area contributed by atoms with Gasteiger partial charge in [-0.2, -0.15) is 0 Å². The fourth-order valence-electron chi connectivity index (χ4n) is 2.68. The highest BCUT2D eigenvalue weighted by molar-refractivity contribution is 7.90. The molecular formula is C20H21N5O3S. The minimum absolute atomic E-state index is 0.00538. The molecule has 4 N–H and O–H groups in total. The third kappa shape index (κ3) is 4.95. The molecule has 8 nitrogen and oxygen atoms in total. The van der Waals surface area contributed by atoms with Gasteiger partial charge in [-0.25, -0.2) is 18.4 Å². The Morgan fingerprint density at radius 1 is 1.07 bits per heavy atom. The van der Waals surface area contributed by atoms with Crippen LogP contribution >= 0.6 is 0 Å². The van der Waals surface area contributed by atoms with Crippen molar-refractivity contribution in [2.75, 3.05) is 24.4 Å². The van der Waals surface area contributed by atoms with E-state index in [0.29, 0.717) is 16.9 Å². The molecule has 1 heterocycles. The lowest BCUT2D eigenvalue weighted by molar-refractivity contribution is 0.102.